The summed E-state index contributed by atoms with van der Waals surface area (Å²) in [4.78, 5) is 21.9. The van der Waals surface area contributed by atoms with Crippen molar-refractivity contribution in [2.75, 3.05) is 13.2 Å². The lowest BCUT2D eigenvalue weighted by Gasteiger charge is -2.39. The molecule has 0 spiro atoms. The number of rotatable bonds is 7. The van der Waals surface area contributed by atoms with Crippen LogP contribution in [0.1, 0.15) is 52.9 Å². The van der Waals surface area contributed by atoms with Crippen molar-refractivity contribution in [1.29, 1.82) is 0 Å². The highest BCUT2D eigenvalue weighted by Crippen LogP contribution is 2.40. The van der Waals surface area contributed by atoms with E-state index in [0.29, 0.717) is 5.41 Å². The van der Waals surface area contributed by atoms with Crippen LogP contribution in [0, 0.1) is 11.3 Å². The molecule has 1 fully saturated rings. The smallest absolute Gasteiger partial charge is 0.329 e. The van der Waals surface area contributed by atoms with Gasteiger partial charge in [0.25, 0.3) is 0 Å². The van der Waals surface area contributed by atoms with Crippen LogP contribution in [0.3, 0.4) is 0 Å². The number of carbonyl (C=O) groups is 2. The topological polar surface area (TPSA) is 75.6 Å². The molecule has 0 saturated heterocycles. The average molecular weight is 285 g/mol. The number of nitrogens with one attached hydrogen (secondary N) is 1. The molecule has 5 heteroatoms. The second kappa shape index (κ2) is 7.62. The van der Waals surface area contributed by atoms with Gasteiger partial charge in [0.05, 0.1) is 0 Å². The molecule has 116 valence electrons. The number of carboxylic acid groups (broad SMARTS) is 1. The highest BCUT2D eigenvalue weighted by atomic mass is 16.5. The van der Waals surface area contributed by atoms with Crippen molar-refractivity contribution in [1.82, 2.24) is 5.32 Å². The van der Waals surface area contributed by atoms with E-state index in [9.17, 15) is 9.59 Å². The Labute approximate surface area is 121 Å². The molecule has 0 aromatic heterocycles. The molecule has 0 unspecified atom stereocenters. The third-order valence-electron chi connectivity index (χ3n) is 4.57. The summed E-state index contributed by atoms with van der Waals surface area (Å²) < 4.78 is 4.78. The van der Waals surface area contributed by atoms with Crippen molar-refractivity contribution < 1.29 is 19.4 Å². The minimum atomic E-state index is -1.06. The molecule has 1 rings (SSSR count). The van der Waals surface area contributed by atoms with Crippen molar-refractivity contribution in [2.45, 2.75) is 58.9 Å². The summed E-state index contributed by atoms with van der Waals surface area (Å²) >= 11 is 0. The van der Waals surface area contributed by atoms with Gasteiger partial charge in [-0.2, -0.15) is 0 Å². The van der Waals surface area contributed by atoms with Crippen LogP contribution >= 0.6 is 0 Å². The molecular formula is C15H27NO4. The molecule has 0 heterocycles. The van der Waals surface area contributed by atoms with Crippen LogP contribution in [0.4, 0.5) is 0 Å². The van der Waals surface area contributed by atoms with E-state index in [4.69, 9.17) is 9.84 Å². The van der Waals surface area contributed by atoms with Gasteiger partial charge in [-0.15, -0.1) is 0 Å². The van der Waals surface area contributed by atoms with Gasteiger partial charge in [0.15, 0.2) is 0 Å². The van der Waals surface area contributed by atoms with E-state index < -0.39 is 12.6 Å². The second-order valence-corrected chi connectivity index (χ2v) is 6.34. The fraction of sp³-hybridized carbons (Fsp3) is 0.867. The van der Waals surface area contributed by atoms with Gasteiger partial charge < -0.3 is 15.2 Å². The molecule has 0 atom stereocenters. The zero-order chi connectivity index (χ0) is 15.2. The first-order valence-corrected chi connectivity index (χ1v) is 7.44. The van der Waals surface area contributed by atoms with Gasteiger partial charge in [0.2, 0.25) is 5.91 Å². The summed E-state index contributed by atoms with van der Waals surface area (Å²) in [5.74, 6) is -0.548. The van der Waals surface area contributed by atoms with E-state index >= 15 is 0 Å². The van der Waals surface area contributed by atoms with Gasteiger partial charge in [0.1, 0.15) is 13.2 Å². The van der Waals surface area contributed by atoms with Crippen LogP contribution in [0.5, 0.6) is 0 Å². The lowest BCUT2D eigenvalue weighted by Crippen LogP contribution is -2.41. The van der Waals surface area contributed by atoms with Gasteiger partial charge >= 0.3 is 5.97 Å². The van der Waals surface area contributed by atoms with E-state index in [-0.39, 0.29) is 18.6 Å². The second-order valence-electron chi connectivity index (χ2n) is 6.34. The molecule has 0 radical (unpaired) electrons. The molecule has 0 aromatic rings. The zero-order valence-electron chi connectivity index (χ0n) is 12.8. The van der Waals surface area contributed by atoms with Crippen LogP contribution in [0.25, 0.3) is 0 Å². The maximum Gasteiger partial charge on any atom is 0.329 e. The summed E-state index contributed by atoms with van der Waals surface area (Å²) in [5.41, 5.74) is 0.375. The van der Waals surface area contributed by atoms with E-state index in [2.05, 4.69) is 26.1 Å². The number of hydrogen-bond acceptors (Lipinski definition) is 3. The summed E-state index contributed by atoms with van der Waals surface area (Å²) in [6, 6.07) is 0.208. The number of ether oxygens (including phenoxy) is 1. The van der Waals surface area contributed by atoms with Crippen molar-refractivity contribution in [2.24, 2.45) is 11.3 Å². The lowest BCUT2D eigenvalue weighted by atomic mass is 9.69. The molecule has 5 nitrogen and oxygen atoms in total. The van der Waals surface area contributed by atoms with Gasteiger partial charge in [0, 0.05) is 6.04 Å². The molecule has 1 amide bonds. The molecule has 1 aliphatic carbocycles. The highest BCUT2D eigenvalue weighted by molar-refractivity contribution is 5.78. The SMILES string of the molecule is CCC(C)(C)C1CCC(NC(=O)COCC(=O)O)CC1. The Hall–Kier alpha value is -1.10. The molecule has 1 saturated carbocycles. The van der Waals surface area contributed by atoms with Crippen LogP contribution in [-0.2, 0) is 14.3 Å². The number of carboxylic acids is 1. The molecule has 0 aromatic carbocycles. The Morgan fingerprint density at radius 1 is 1.20 bits per heavy atom. The first-order chi connectivity index (χ1) is 9.35. The average Bonchev–Trinajstić information content (AvgIpc) is 2.39. The normalized spacial score (nSPS) is 23.4. The first kappa shape index (κ1) is 17.0. The van der Waals surface area contributed by atoms with E-state index in [1.807, 2.05) is 0 Å². The summed E-state index contributed by atoms with van der Waals surface area (Å²) in [6.07, 6.45) is 5.46. The standard InChI is InChI=1S/C15H27NO4/c1-4-15(2,3)11-5-7-12(8-6-11)16-13(17)9-20-10-14(18)19/h11-12H,4-10H2,1-3H3,(H,16,17)(H,18,19). The monoisotopic (exact) mass is 285 g/mol. The van der Waals surface area contributed by atoms with Gasteiger partial charge in [-0.05, 0) is 37.0 Å². The number of hydrogen-bond donors (Lipinski definition) is 2. The maximum absolute atomic E-state index is 11.6. The fourth-order valence-corrected chi connectivity index (χ4v) is 2.81. The largest absolute Gasteiger partial charge is 0.480 e. The van der Waals surface area contributed by atoms with Crippen molar-refractivity contribution >= 4 is 11.9 Å². The van der Waals surface area contributed by atoms with Gasteiger partial charge in [-0.3, -0.25) is 4.79 Å². The molecular weight excluding hydrogens is 258 g/mol. The molecule has 20 heavy (non-hydrogen) atoms. The Bertz CT molecular complexity index is 333. The van der Waals surface area contributed by atoms with E-state index in [0.717, 1.165) is 31.6 Å². The molecule has 0 aliphatic heterocycles. The number of amides is 1. The maximum atomic E-state index is 11.6. The van der Waals surface area contributed by atoms with Crippen LogP contribution in [0.2, 0.25) is 0 Å². The number of aliphatic carboxylic acids is 1. The molecule has 2 N–H and O–H groups in total. The van der Waals surface area contributed by atoms with E-state index in [1.165, 1.54) is 6.42 Å². The quantitative estimate of drug-likeness (QED) is 0.752. The minimum absolute atomic E-state index is 0.174. The van der Waals surface area contributed by atoms with Crippen molar-refractivity contribution in [3.05, 3.63) is 0 Å². The van der Waals surface area contributed by atoms with Crippen LogP contribution < -0.4 is 5.32 Å². The van der Waals surface area contributed by atoms with Gasteiger partial charge in [-0.1, -0.05) is 27.2 Å². The summed E-state index contributed by atoms with van der Waals surface area (Å²) in [5, 5.41) is 11.3. The lowest BCUT2D eigenvalue weighted by molar-refractivity contribution is -0.143. The Balaban J connectivity index is 2.25. The first-order valence-electron chi connectivity index (χ1n) is 7.44. The van der Waals surface area contributed by atoms with Crippen LogP contribution in [-0.4, -0.2) is 36.2 Å². The predicted octanol–water partition coefficient (Wildman–Crippen LogP) is 2.20. The number of carbonyl (C=O) groups excluding carboxylic acids is 1. The Kier molecular flexibility index (Phi) is 6.46. The third kappa shape index (κ3) is 5.49. The predicted molar refractivity (Wildman–Crippen MR) is 76.4 cm³/mol. The third-order valence-corrected chi connectivity index (χ3v) is 4.57. The zero-order valence-corrected chi connectivity index (χ0v) is 12.8. The van der Waals surface area contributed by atoms with Crippen LogP contribution in [0.15, 0.2) is 0 Å². The fourth-order valence-electron chi connectivity index (χ4n) is 2.81. The van der Waals surface area contributed by atoms with Crippen molar-refractivity contribution in [3.63, 3.8) is 0 Å². The summed E-state index contributed by atoms with van der Waals surface area (Å²) in [7, 11) is 0. The molecule has 0 bridgehead atoms. The minimum Gasteiger partial charge on any atom is -0.480 e. The van der Waals surface area contributed by atoms with Gasteiger partial charge in [-0.25, -0.2) is 4.79 Å². The summed E-state index contributed by atoms with van der Waals surface area (Å²) in [6.45, 7) is 6.26. The Morgan fingerprint density at radius 3 is 2.30 bits per heavy atom. The molecule has 1 aliphatic rings. The van der Waals surface area contributed by atoms with E-state index in [1.54, 1.807) is 0 Å². The van der Waals surface area contributed by atoms with Crippen molar-refractivity contribution in [3.8, 4) is 0 Å². The highest BCUT2D eigenvalue weighted by Gasteiger charge is 2.32. The Morgan fingerprint density at radius 2 is 1.80 bits per heavy atom.